The fourth-order valence-corrected chi connectivity index (χ4v) is 3.04. The number of hydrogen-bond acceptors (Lipinski definition) is 2. The summed E-state index contributed by atoms with van der Waals surface area (Å²) in [6.45, 7) is 4.11. The molecule has 2 aliphatic rings. The van der Waals surface area contributed by atoms with E-state index in [1.54, 1.807) is 0 Å². The first kappa shape index (κ1) is 16.0. The van der Waals surface area contributed by atoms with Crippen LogP contribution >= 0.6 is 0 Å². The van der Waals surface area contributed by atoms with Gasteiger partial charge in [-0.25, -0.2) is 0 Å². The van der Waals surface area contributed by atoms with Crippen molar-refractivity contribution in [2.45, 2.75) is 58.5 Å². The molecule has 3 rings (SSSR count). The fraction of sp³-hybridized carbons (Fsp3) is 0.500. The molecule has 2 radical (unpaired) electrons. The molecule has 0 N–H and O–H groups in total. The summed E-state index contributed by atoms with van der Waals surface area (Å²) in [6, 6.07) is 8.02. The maximum atomic E-state index is 12.0. The van der Waals surface area contributed by atoms with Gasteiger partial charge in [-0.15, -0.1) is 0 Å². The van der Waals surface area contributed by atoms with Crippen LogP contribution in [-0.2, 0) is 4.65 Å². The molecule has 0 bridgehead atoms. The quantitative estimate of drug-likeness (QED) is 0.764. The van der Waals surface area contributed by atoms with E-state index < -0.39 is 0 Å². The molecule has 2 nitrogen and oxygen atoms in total. The summed E-state index contributed by atoms with van der Waals surface area (Å²) in [4.78, 5) is 12.0. The first-order chi connectivity index (χ1) is 10.2. The summed E-state index contributed by atoms with van der Waals surface area (Å²) in [7, 11) is 4.89. The third-order valence-corrected chi connectivity index (χ3v) is 4.34. The molecule has 0 spiro atoms. The van der Waals surface area contributed by atoms with E-state index >= 15 is 0 Å². The van der Waals surface area contributed by atoms with E-state index in [1.165, 1.54) is 24.0 Å². The Morgan fingerprint density at radius 3 is 2.14 bits per heavy atom. The van der Waals surface area contributed by atoms with E-state index in [2.05, 4.69) is 24.6 Å². The van der Waals surface area contributed by atoms with Crippen LogP contribution in [0.1, 0.15) is 68.3 Å². The fourth-order valence-electron chi connectivity index (χ4n) is 3.04. The molecule has 0 saturated carbocycles. The number of carbonyl (C=O) groups is 1. The molecule has 2 aliphatic carbocycles. The van der Waals surface area contributed by atoms with Crippen LogP contribution in [0.15, 0.2) is 29.8 Å². The second-order valence-electron chi connectivity index (χ2n) is 5.61. The summed E-state index contributed by atoms with van der Waals surface area (Å²) in [6.07, 6.45) is 6.78. The summed E-state index contributed by atoms with van der Waals surface area (Å²) in [5.74, 6) is 0.287. The van der Waals surface area contributed by atoms with Crippen LogP contribution in [0.2, 0.25) is 0 Å². The summed E-state index contributed by atoms with van der Waals surface area (Å²) < 4.78 is 4.55. The molecular weight excluding hydrogens is 259 g/mol. The minimum absolute atomic E-state index is 0.264. The number of allylic oxidation sites excluding steroid dienone is 2. The first-order valence-electron chi connectivity index (χ1n) is 7.94. The van der Waals surface area contributed by atoms with Crippen LogP contribution in [0.5, 0.6) is 0 Å². The predicted octanol–water partition coefficient (Wildman–Crippen LogP) is 4.49. The molecule has 0 fully saturated rings. The van der Waals surface area contributed by atoms with Gasteiger partial charge in [0.15, 0.2) is 5.78 Å². The van der Waals surface area contributed by atoms with Gasteiger partial charge in [-0.1, -0.05) is 38.1 Å². The Labute approximate surface area is 129 Å². The highest BCUT2D eigenvalue weighted by Crippen LogP contribution is 2.40. The number of carbonyl (C=O) groups excluding carboxylic acids is 1. The Hall–Kier alpha value is -1.35. The second kappa shape index (κ2) is 7.60. The third kappa shape index (κ3) is 3.46. The van der Waals surface area contributed by atoms with Gasteiger partial charge < -0.3 is 4.65 Å². The average Bonchev–Trinajstić information content (AvgIpc) is 2.84. The van der Waals surface area contributed by atoms with Gasteiger partial charge in [0.1, 0.15) is 0 Å². The van der Waals surface area contributed by atoms with Crippen LogP contribution in [-0.4, -0.2) is 19.9 Å². The monoisotopic (exact) mass is 282 g/mol. The largest absolute Gasteiger partial charge is 0.445 e. The third-order valence-electron chi connectivity index (χ3n) is 4.34. The van der Waals surface area contributed by atoms with Crippen molar-refractivity contribution < 1.29 is 9.45 Å². The lowest BCUT2D eigenvalue weighted by molar-refractivity contribution is 0.103. The Morgan fingerprint density at radius 2 is 1.62 bits per heavy atom. The van der Waals surface area contributed by atoms with E-state index in [1.807, 2.05) is 18.2 Å². The normalized spacial score (nSPS) is 16.4. The molecule has 1 aromatic rings. The summed E-state index contributed by atoms with van der Waals surface area (Å²) in [5, 5.41) is 0. The van der Waals surface area contributed by atoms with Crippen LogP contribution < -0.4 is 0 Å². The van der Waals surface area contributed by atoms with Crippen LogP contribution in [0.3, 0.4) is 0 Å². The number of benzene rings is 1. The molecule has 0 unspecified atom stereocenters. The van der Waals surface area contributed by atoms with Crippen LogP contribution in [0.25, 0.3) is 5.57 Å². The number of fused-ring (bicyclic) bond motifs is 2. The lowest BCUT2D eigenvalue weighted by Gasteiger charge is -2.12. The summed E-state index contributed by atoms with van der Waals surface area (Å²) in [5.41, 5.74) is 4.56. The zero-order valence-corrected chi connectivity index (χ0v) is 13.0. The highest BCUT2D eigenvalue weighted by Gasteiger charge is 2.29. The van der Waals surface area contributed by atoms with Gasteiger partial charge in [0, 0.05) is 17.2 Å². The number of hydrogen-bond donors (Lipinski definition) is 0. The smallest absolute Gasteiger partial charge is 0.283 e. The predicted molar refractivity (Wildman–Crippen MR) is 87.4 cm³/mol. The molecule has 21 heavy (non-hydrogen) atoms. The molecule has 1 aromatic carbocycles. The van der Waals surface area contributed by atoms with E-state index in [0.717, 1.165) is 36.8 Å². The van der Waals surface area contributed by atoms with Gasteiger partial charge in [0.05, 0.1) is 0 Å². The second-order valence-corrected chi connectivity index (χ2v) is 5.61. The summed E-state index contributed by atoms with van der Waals surface area (Å²) >= 11 is 0. The zero-order valence-electron chi connectivity index (χ0n) is 13.0. The Kier molecular flexibility index (Phi) is 5.80. The lowest BCUT2D eigenvalue weighted by atomic mass is 9.92. The zero-order chi connectivity index (χ0) is 15.2. The molecule has 0 heterocycles. The first-order valence-corrected chi connectivity index (χ1v) is 7.94. The molecule has 0 saturated heterocycles. The van der Waals surface area contributed by atoms with E-state index in [-0.39, 0.29) is 11.9 Å². The van der Waals surface area contributed by atoms with Gasteiger partial charge in [-0.2, -0.15) is 0 Å². The lowest BCUT2D eigenvalue weighted by Crippen LogP contribution is -2.06. The molecule has 0 aromatic heterocycles. The SMILES string of the molecule is O=C1C2=C(CCCC2)c2ccccc21.[B]OC(CC)CC. The molecular formula is C18H23BO2. The average molecular weight is 282 g/mol. The Bertz CT molecular complexity index is 524. The van der Waals surface area contributed by atoms with Crippen LogP contribution in [0.4, 0.5) is 0 Å². The van der Waals surface area contributed by atoms with E-state index in [0.29, 0.717) is 0 Å². The minimum atomic E-state index is 0.264. The van der Waals surface area contributed by atoms with Crippen molar-refractivity contribution in [3.05, 3.63) is 41.0 Å². The van der Waals surface area contributed by atoms with E-state index in [4.69, 9.17) is 8.05 Å². The maximum Gasteiger partial charge on any atom is 0.283 e. The van der Waals surface area contributed by atoms with Crippen molar-refractivity contribution in [2.24, 2.45) is 0 Å². The molecule has 0 atom stereocenters. The van der Waals surface area contributed by atoms with Gasteiger partial charge in [-0.3, -0.25) is 4.79 Å². The number of Topliss-reactive ketones (excluding diaryl/α,β-unsaturated/α-hetero) is 1. The van der Waals surface area contributed by atoms with Crippen molar-refractivity contribution in [2.75, 3.05) is 0 Å². The van der Waals surface area contributed by atoms with Gasteiger partial charge >= 0.3 is 0 Å². The number of ketones is 1. The van der Waals surface area contributed by atoms with Crippen molar-refractivity contribution in [3.8, 4) is 0 Å². The molecule has 0 aliphatic heterocycles. The number of rotatable bonds is 3. The highest BCUT2D eigenvalue weighted by atomic mass is 16.4. The van der Waals surface area contributed by atoms with E-state index in [9.17, 15) is 4.79 Å². The topological polar surface area (TPSA) is 26.3 Å². The standard InChI is InChI=1S/C13H12O.C5H11BO/c14-13-11-7-3-1-5-9(11)10-6-2-4-8-12(10)13;1-3-5(4-2)7-6/h1,3,5,7H,2,4,6,8H2;5H,3-4H2,1-2H3. The molecule has 0 amide bonds. The van der Waals surface area contributed by atoms with Crippen LogP contribution in [0, 0.1) is 0 Å². The Balaban J connectivity index is 0.000000199. The minimum Gasteiger partial charge on any atom is -0.445 e. The maximum absolute atomic E-state index is 12.0. The van der Waals surface area contributed by atoms with Gasteiger partial charge in [0.2, 0.25) is 0 Å². The van der Waals surface area contributed by atoms with Crippen molar-refractivity contribution in [1.82, 2.24) is 0 Å². The van der Waals surface area contributed by atoms with Crippen molar-refractivity contribution in [1.29, 1.82) is 0 Å². The molecule has 3 heteroatoms. The van der Waals surface area contributed by atoms with Gasteiger partial charge in [-0.05, 0) is 49.7 Å². The van der Waals surface area contributed by atoms with Crippen molar-refractivity contribution >= 4 is 19.4 Å². The Morgan fingerprint density at radius 1 is 1.05 bits per heavy atom. The highest BCUT2D eigenvalue weighted by molar-refractivity contribution is 6.20. The van der Waals surface area contributed by atoms with Gasteiger partial charge in [0.25, 0.3) is 8.05 Å². The molecule has 110 valence electrons. The van der Waals surface area contributed by atoms with Crippen molar-refractivity contribution in [3.63, 3.8) is 0 Å².